The van der Waals surface area contributed by atoms with Crippen LogP contribution in [-0.2, 0) is 10.0 Å². The Morgan fingerprint density at radius 1 is 1.45 bits per heavy atom. The molecule has 1 saturated heterocycles. The topological polar surface area (TPSA) is 105 Å². The Balaban J connectivity index is 2.25. The highest BCUT2D eigenvalue weighted by Gasteiger charge is 2.23. The van der Waals surface area contributed by atoms with Crippen molar-refractivity contribution in [2.24, 2.45) is 0 Å². The molecule has 2 rings (SSSR count). The van der Waals surface area contributed by atoms with E-state index in [1.54, 1.807) is 0 Å². The summed E-state index contributed by atoms with van der Waals surface area (Å²) >= 11 is 0. The van der Waals surface area contributed by atoms with Crippen molar-refractivity contribution in [3.63, 3.8) is 0 Å². The molecule has 22 heavy (non-hydrogen) atoms. The van der Waals surface area contributed by atoms with Crippen molar-refractivity contribution in [2.45, 2.75) is 23.8 Å². The second-order valence-electron chi connectivity index (χ2n) is 5.40. The van der Waals surface area contributed by atoms with Gasteiger partial charge in [0, 0.05) is 32.7 Å². The molecule has 1 heterocycles. The molecule has 0 spiro atoms. The van der Waals surface area contributed by atoms with Gasteiger partial charge < -0.3 is 10.6 Å². The van der Waals surface area contributed by atoms with Gasteiger partial charge in [0.15, 0.2) is 0 Å². The van der Waals surface area contributed by atoms with E-state index in [1.165, 1.54) is 26.2 Å². The molecule has 0 saturated carbocycles. The standard InChI is InChI=1S/C13H20N4O4S/c1-16(2)22(20,21)11-5-6-12(13(8-11)17(18)19)15-9-10-4-3-7-14-10/h5-6,8,10,14-15H,3-4,7,9H2,1-2H3. The Bertz CT molecular complexity index is 654. The molecule has 1 aromatic carbocycles. The van der Waals surface area contributed by atoms with Gasteiger partial charge in [-0.25, -0.2) is 12.7 Å². The number of nitro groups is 1. The number of nitro benzene ring substituents is 1. The van der Waals surface area contributed by atoms with Gasteiger partial charge in [-0.1, -0.05) is 0 Å². The summed E-state index contributed by atoms with van der Waals surface area (Å²) < 4.78 is 25.1. The SMILES string of the molecule is CN(C)S(=O)(=O)c1ccc(NCC2CCCN2)c([N+](=O)[O-])c1. The van der Waals surface area contributed by atoms with E-state index in [0.717, 1.165) is 29.8 Å². The van der Waals surface area contributed by atoms with Gasteiger partial charge in [-0.15, -0.1) is 0 Å². The quantitative estimate of drug-likeness (QED) is 0.596. The summed E-state index contributed by atoms with van der Waals surface area (Å²) in [5.74, 6) is 0. The zero-order valence-corrected chi connectivity index (χ0v) is 13.4. The zero-order valence-electron chi connectivity index (χ0n) is 12.6. The van der Waals surface area contributed by atoms with Crippen LogP contribution in [0.3, 0.4) is 0 Å². The van der Waals surface area contributed by atoms with E-state index in [2.05, 4.69) is 10.6 Å². The van der Waals surface area contributed by atoms with E-state index in [1.807, 2.05) is 0 Å². The van der Waals surface area contributed by atoms with Gasteiger partial charge in [0.05, 0.1) is 9.82 Å². The highest BCUT2D eigenvalue weighted by Crippen LogP contribution is 2.28. The van der Waals surface area contributed by atoms with Crippen LogP contribution in [0.25, 0.3) is 0 Å². The first-order valence-electron chi connectivity index (χ1n) is 7.00. The highest BCUT2D eigenvalue weighted by molar-refractivity contribution is 7.89. The van der Waals surface area contributed by atoms with Gasteiger partial charge in [-0.05, 0) is 31.5 Å². The summed E-state index contributed by atoms with van der Waals surface area (Å²) in [7, 11) is -0.916. The molecule has 1 aliphatic rings. The second kappa shape index (κ2) is 6.59. The molecule has 0 bridgehead atoms. The van der Waals surface area contributed by atoms with Crippen molar-refractivity contribution in [1.82, 2.24) is 9.62 Å². The fraction of sp³-hybridized carbons (Fsp3) is 0.538. The molecular weight excluding hydrogens is 308 g/mol. The lowest BCUT2D eigenvalue weighted by Gasteiger charge is -2.14. The van der Waals surface area contributed by atoms with Crippen LogP contribution in [0.4, 0.5) is 11.4 Å². The predicted octanol–water partition coefficient (Wildman–Crippen LogP) is 1.01. The van der Waals surface area contributed by atoms with E-state index in [9.17, 15) is 18.5 Å². The summed E-state index contributed by atoms with van der Waals surface area (Å²) in [6, 6.07) is 4.21. The van der Waals surface area contributed by atoms with E-state index in [0.29, 0.717) is 12.2 Å². The molecule has 0 amide bonds. The molecule has 122 valence electrons. The Morgan fingerprint density at radius 2 is 2.18 bits per heavy atom. The molecule has 1 fully saturated rings. The van der Waals surface area contributed by atoms with Crippen molar-refractivity contribution in [3.8, 4) is 0 Å². The summed E-state index contributed by atoms with van der Waals surface area (Å²) in [6.45, 7) is 1.52. The Morgan fingerprint density at radius 3 is 2.73 bits per heavy atom. The second-order valence-corrected chi connectivity index (χ2v) is 7.55. The van der Waals surface area contributed by atoms with Crippen molar-refractivity contribution in [3.05, 3.63) is 28.3 Å². The third-order valence-electron chi connectivity index (χ3n) is 3.65. The lowest BCUT2D eigenvalue weighted by Crippen LogP contribution is -2.29. The minimum atomic E-state index is -3.69. The van der Waals surface area contributed by atoms with Gasteiger partial charge in [-0.3, -0.25) is 10.1 Å². The molecule has 8 nitrogen and oxygen atoms in total. The van der Waals surface area contributed by atoms with Crippen LogP contribution in [0.15, 0.2) is 23.1 Å². The van der Waals surface area contributed by atoms with Gasteiger partial charge in [0.1, 0.15) is 5.69 Å². The third kappa shape index (κ3) is 3.54. The van der Waals surface area contributed by atoms with Crippen LogP contribution in [-0.4, -0.2) is 50.9 Å². The predicted molar refractivity (Wildman–Crippen MR) is 83.5 cm³/mol. The van der Waals surface area contributed by atoms with E-state index < -0.39 is 14.9 Å². The number of rotatable bonds is 6. The minimum absolute atomic E-state index is 0.0891. The number of anilines is 1. The lowest BCUT2D eigenvalue weighted by molar-refractivity contribution is -0.384. The first-order chi connectivity index (χ1) is 10.3. The monoisotopic (exact) mass is 328 g/mol. The average molecular weight is 328 g/mol. The number of hydrogen-bond donors (Lipinski definition) is 2. The maximum atomic E-state index is 12.1. The smallest absolute Gasteiger partial charge is 0.293 e. The average Bonchev–Trinajstić information content (AvgIpc) is 2.97. The lowest BCUT2D eigenvalue weighted by atomic mass is 10.2. The van der Waals surface area contributed by atoms with E-state index in [-0.39, 0.29) is 16.6 Å². The number of hydrogen-bond acceptors (Lipinski definition) is 6. The number of sulfonamides is 1. The van der Waals surface area contributed by atoms with Gasteiger partial charge in [-0.2, -0.15) is 0 Å². The Hall–Kier alpha value is -1.71. The minimum Gasteiger partial charge on any atom is -0.378 e. The summed E-state index contributed by atoms with van der Waals surface area (Å²) in [4.78, 5) is 10.5. The number of benzene rings is 1. The first kappa shape index (κ1) is 16.7. The van der Waals surface area contributed by atoms with Crippen molar-refractivity contribution in [1.29, 1.82) is 0 Å². The summed E-state index contributed by atoms with van der Waals surface area (Å²) in [6.07, 6.45) is 2.11. The summed E-state index contributed by atoms with van der Waals surface area (Å²) in [5, 5.41) is 17.5. The fourth-order valence-electron chi connectivity index (χ4n) is 2.35. The zero-order chi connectivity index (χ0) is 16.3. The van der Waals surface area contributed by atoms with Crippen LogP contribution >= 0.6 is 0 Å². The fourth-order valence-corrected chi connectivity index (χ4v) is 3.27. The van der Waals surface area contributed by atoms with Crippen molar-refractivity contribution < 1.29 is 13.3 Å². The van der Waals surface area contributed by atoms with Crippen LogP contribution in [0.5, 0.6) is 0 Å². The van der Waals surface area contributed by atoms with Crippen molar-refractivity contribution >= 4 is 21.4 Å². The molecule has 0 aliphatic carbocycles. The van der Waals surface area contributed by atoms with Gasteiger partial charge in [0.2, 0.25) is 10.0 Å². The molecule has 1 unspecified atom stereocenters. The summed E-state index contributed by atoms with van der Waals surface area (Å²) in [5.41, 5.74) is 0.0947. The first-order valence-corrected chi connectivity index (χ1v) is 8.44. The maximum Gasteiger partial charge on any atom is 0.293 e. The molecule has 0 aromatic heterocycles. The van der Waals surface area contributed by atoms with E-state index >= 15 is 0 Å². The third-order valence-corrected chi connectivity index (χ3v) is 5.46. The molecular formula is C13H20N4O4S. The number of nitrogens with one attached hydrogen (secondary N) is 2. The molecule has 0 radical (unpaired) electrons. The highest BCUT2D eigenvalue weighted by atomic mass is 32.2. The Labute approximate surface area is 129 Å². The molecule has 1 aromatic rings. The van der Waals surface area contributed by atoms with Gasteiger partial charge in [0.25, 0.3) is 5.69 Å². The van der Waals surface area contributed by atoms with Gasteiger partial charge >= 0.3 is 0 Å². The Kier molecular flexibility index (Phi) is 4.99. The molecule has 9 heteroatoms. The van der Waals surface area contributed by atoms with Crippen molar-refractivity contribution in [2.75, 3.05) is 32.5 Å². The molecule has 1 aliphatic heterocycles. The molecule has 2 N–H and O–H groups in total. The molecule has 1 atom stereocenters. The normalized spacial score (nSPS) is 18.6. The van der Waals surface area contributed by atoms with Crippen LogP contribution in [0, 0.1) is 10.1 Å². The van der Waals surface area contributed by atoms with Crippen LogP contribution < -0.4 is 10.6 Å². The largest absolute Gasteiger partial charge is 0.378 e. The van der Waals surface area contributed by atoms with E-state index in [4.69, 9.17) is 0 Å². The van der Waals surface area contributed by atoms with Crippen LogP contribution in [0.2, 0.25) is 0 Å². The maximum absolute atomic E-state index is 12.1. The number of nitrogens with zero attached hydrogens (tertiary/aromatic N) is 2. The van der Waals surface area contributed by atoms with Crippen LogP contribution in [0.1, 0.15) is 12.8 Å².